The molecule has 7 nitrogen and oxygen atoms in total. The van der Waals surface area contributed by atoms with Gasteiger partial charge in [0.2, 0.25) is 0 Å². The van der Waals surface area contributed by atoms with Crippen molar-refractivity contribution in [2.24, 2.45) is 5.73 Å². The Morgan fingerprint density at radius 3 is 2.81 bits per heavy atom. The molecular formula is C14H22N2O5. The smallest absolute Gasteiger partial charge is 0.310 e. The summed E-state index contributed by atoms with van der Waals surface area (Å²) < 4.78 is 10.6. The van der Waals surface area contributed by atoms with Crippen molar-refractivity contribution < 1.29 is 19.5 Å². The van der Waals surface area contributed by atoms with E-state index >= 15 is 0 Å². The van der Waals surface area contributed by atoms with E-state index in [-0.39, 0.29) is 31.2 Å². The molecule has 0 aliphatic rings. The Hall–Kier alpha value is -1.70. The lowest BCUT2D eigenvalue weighted by atomic mass is 10.2. The number of nitro groups is 1. The molecular weight excluding hydrogens is 276 g/mol. The van der Waals surface area contributed by atoms with E-state index in [1.807, 2.05) is 6.92 Å². The van der Waals surface area contributed by atoms with Crippen molar-refractivity contribution in [1.29, 1.82) is 0 Å². The lowest BCUT2D eigenvalue weighted by Crippen LogP contribution is -2.24. The Morgan fingerprint density at radius 1 is 1.43 bits per heavy atom. The van der Waals surface area contributed by atoms with Gasteiger partial charge < -0.3 is 20.3 Å². The Kier molecular flexibility index (Phi) is 7.66. The third-order valence-electron chi connectivity index (χ3n) is 2.84. The lowest BCUT2D eigenvalue weighted by Gasteiger charge is -2.13. The Morgan fingerprint density at radius 2 is 2.19 bits per heavy atom. The highest BCUT2D eigenvalue weighted by atomic mass is 16.6. The maximum Gasteiger partial charge on any atom is 0.310 e. The summed E-state index contributed by atoms with van der Waals surface area (Å²) in [4.78, 5) is 10.4. The first-order valence-corrected chi connectivity index (χ1v) is 6.94. The maximum atomic E-state index is 10.9. The minimum Gasteiger partial charge on any atom is -0.484 e. The summed E-state index contributed by atoms with van der Waals surface area (Å²) >= 11 is 0. The molecule has 0 saturated heterocycles. The van der Waals surface area contributed by atoms with Crippen LogP contribution < -0.4 is 10.5 Å². The van der Waals surface area contributed by atoms with E-state index in [9.17, 15) is 15.2 Å². The summed E-state index contributed by atoms with van der Waals surface area (Å²) in [5.74, 6) is 0.107. The summed E-state index contributed by atoms with van der Waals surface area (Å²) in [6.07, 6.45) is 1.12. The maximum absolute atomic E-state index is 10.9. The molecule has 3 N–H and O–H groups in total. The zero-order chi connectivity index (χ0) is 15.7. The number of ether oxygens (including phenoxy) is 2. The fourth-order valence-corrected chi connectivity index (χ4v) is 1.65. The molecule has 21 heavy (non-hydrogen) atoms. The zero-order valence-corrected chi connectivity index (χ0v) is 12.2. The predicted molar refractivity (Wildman–Crippen MR) is 78.2 cm³/mol. The van der Waals surface area contributed by atoms with Crippen LogP contribution in [0.15, 0.2) is 18.2 Å². The van der Waals surface area contributed by atoms with Crippen LogP contribution in [-0.2, 0) is 11.3 Å². The molecule has 1 aromatic rings. The molecule has 0 bridgehead atoms. The largest absolute Gasteiger partial charge is 0.484 e. The normalized spacial score (nSPS) is 12.1. The van der Waals surface area contributed by atoms with Crippen molar-refractivity contribution in [3.63, 3.8) is 0 Å². The Labute approximate surface area is 123 Å². The molecule has 118 valence electrons. The predicted octanol–water partition coefficient (Wildman–Crippen LogP) is 1.61. The van der Waals surface area contributed by atoms with Gasteiger partial charge in [-0.15, -0.1) is 0 Å². The van der Waals surface area contributed by atoms with Crippen LogP contribution in [0.25, 0.3) is 0 Å². The van der Waals surface area contributed by atoms with Gasteiger partial charge in [0.25, 0.3) is 0 Å². The van der Waals surface area contributed by atoms with Crippen LogP contribution in [-0.4, -0.2) is 36.0 Å². The minimum atomic E-state index is -0.831. The molecule has 1 unspecified atom stereocenters. The highest BCUT2D eigenvalue weighted by Gasteiger charge is 2.16. The van der Waals surface area contributed by atoms with Gasteiger partial charge >= 0.3 is 5.69 Å². The van der Waals surface area contributed by atoms with Gasteiger partial charge in [-0.1, -0.05) is 19.4 Å². The summed E-state index contributed by atoms with van der Waals surface area (Å²) in [6.45, 7) is 2.96. The number of unbranched alkanes of at least 4 members (excludes halogenated alkanes) is 1. The van der Waals surface area contributed by atoms with Gasteiger partial charge in [-0.3, -0.25) is 10.1 Å². The molecule has 0 aliphatic heterocycles. The SMILES string of the molecule is CCCCOCC(O)COc1cc(CN)ccc1[N+](=O)[O-]. The molecule has 0 aromatic heterocycles. The van der Waals surface area contributed by atoms with E-state index in [0.717, 1.165) is 18.4 Å². The lowest BCUT2D eigenvalue weighted by molar-refractivity contribution is -0.385. The van der Waals surface area contributed by atoms with Gasteiger partial charge in [-0.25, -0.2) is 0 Å². The molecule has 1 rings (SSSR count). The van der Waals surface area contributed by atoms with E-state index in [0.29, 0.717) is 6.61 Å². The molecule has 0 heterocycles. The number of hydrogen-bond acceptors (Lipinski definition) is 6. The second-order valence-electron chi connectivity index (χ2n) is 4.66. The first-order valence-electron chi connectivity index (χ1n) is 6.94. The Bertz CT molecular complexity index is 453. The summed E-state index contributed by atoms with van der Waals surface area (Å²) in [5, 5.41) is 20.6. The van der Waals surface area contributed by atoms with Gasteiger partial charge in [-0.05, 0) is 18.1 Å². The second kappa shape index (κ2) is 9.28. The molecule has 1 aromatic carbocycles. The summed E-state index contributed by atoms with van der Waals surface area (Å²) in [6, 6.07) is 4.44. The summed E-state index contributed by atoms with van der Waals surface area (Å²) in [5.41, 5.74) is 6.08. The van der Waals surface area contributed by atoms with E-state index in [1.54, 1.807) is 6.07 Å². The molecule has 0 aliphatic carbocycles. The molecule has 0 spiro atoms. The van der Waals surface area contributed by atoms with Crippen molar-refractivity contribution in [3.05, 3.63) is 33.9 Å². The fourth-order valence-electron chi connectivity index (χ4n) is 1.65. The van der Waals surface area contributed by atoms with Gasteiger partial charge in [0.1, 0.15) is 12.7 Å². The molecule has 0 saturated carbocycles. The van der Waals surface area contributed by atoms with Crippen molar-refractivity contribution in [2.45, 2.75) is 32.4 Å². The first kappa shape index (κ1) is 17.4. The van der Waals surface area contributed by atoms with E-state index in [2.05, 4.69) is 0 Å². The Balaban J connectivity index is 2.54. The topological polar surface area (TPSA) is 108 Å². The standard InChI is InChI=1S/C14H22N2O5/c1-2-3-6-20-9-12(17)10-21-14-7-11(8-15)4-5-13(14)16(18)19/h4-5,7,12,17H,2-3,6,8-10,15H2,1H3. The molecule has 0 radical (unpaired) electrons. The number of nitro benzene ring substituents is 1. The van der Waals surface area contributed by atoms with Gasteiger partial charge in [0.05, 0.1) is 11.5 Å². The third kappa shape index (κ3) is 6.07. The van der Waals surface area contributed by atoms with Crippen molar-refractivity contribution in [1.82, 2.24) is 0 Å². The highest BCUT2D eigenvalue weighted by molar-refractivity contribution is 5.48. The van der Waals surface area contributed by atoms with E-state index in [1.165, 1.54) is 12.1 Å². The minimum absolute atomic E-state index is 0.0685. The van der Waals surface area contributed by atoms with Gasteiger partial charge in [0.15, 0.2) is 5.75 Å². The van der Waals surface area contributed by atoms with Crippen LogP contribution in [0, 0.1) is 10.1 Å². The number of nitrogens with zero attached hydrogens (tertiary/aromatic N) is 1. The van der Waals surface area contributed by atoms with Gasteiger partial charge in [0, 0.05) is 19.2 Å². The van der Waals surface area contributed by atoms with Crippen LogP contribution in [0.2, 0.25) is 0 Å². The highest BCUT2D eigenvalue weighted by Crippen LogP contribution is 2.28. The number of hydrogen-bond donors (Lipinski definition) is 2. The molecule has 7 heteroatoms. The number of rotatable bonds is 10. The van der Waals surface area contributed by atoms with Crippen LogP contribution in [0.3, 0.4) is 0 Å². The molecule has 1 atom stereocenters. The number of aliphatic hydroxyl groups is 1. The average Bonchev–Trinajstić information content (AvgIpc) is 2.49. The fraction of sp³-hybridized carbons (Fsp3) is 0.571. The quantitative estimate of drug-likeness (QED) is 0.386. The number of nitrogens with two attached hydrogens (primary N) is 1. The van der Waals surface area contributed by atoms with Crippen LogP contribution in [0.1, 0.15) is 25.3 Å². The van der Waals surface area contributed by atoms with Crippen LogP contribution >= 0.6 is 0 Å². The molecule has 0 amide bonds. The van der Waals surface area contributed by atoms with Crippen molar-refractivity contribution in [2.75, 3.05) is 19.8 Å². The second-order valence-corrected chi connectivity index (χ2v) is 4.66. The number of benzene rings is 1. The molecule has 0 fully saturated rings. The summed E-state index contributed by atoms with van der Waals surface area (Å²) in [7, 11) is 0. The average molecular weight is 298 g/mol. The number of aliphatic hydroxyl groups excluding tert-OH is 1. The zero-order valence-electron chi connectivity index (χ0n) is 12.2. The van der Waals surface area contributed by atoms with Crippen molar-refractivity contribution in [3.8, 4) is 5.75 Å². The van der Waals surface area contributed by atoms with Crippen LogP contribution in [0.4, 0.5) is 5.69 Å². The monoisotopic (exact) mass is 298 g/mol. The van der Waals surface area contributed by atoms with Crippen molar-refractivity contribution >= 4 is 5.69 Å². The van der Waals surface area contributed by atoms with Crippen LogP contribution in [0.5, 0.6) is 5.75 Å². The van der Waals surface area contributed by atoms with Gasteiger partial charge in [-0.2, -0.15) is 0 Å². The van der Waals surface area contributed by atoms with E-state index < -0.39 is 11.0 Å². The van der Waals surface area contributed by atoms with E-state index in [4.69, 9.17) is 15.2 Å². The third-order valence-corrected chi connectivity index (χ3v) is 2.84. The first-order chi connectivity index (χ1) is 10.1.